The fourth-order valence-electron chi connectivity index (χ4n) is 2.97. The van der Waals surface area contributed by atoms with E-state index in [9.17, 15) is 4.79 Å². The van der Waals surface area contributed by atoms with Crippen LogP contribution in [0.3, 0.4) is 0 Å². The number of carbonyl (C=O) groups excluding carboxylic acids is 1. The number of nitrogens with zero attached hydrogens (tertiary/aromatic N) is 1. The summed E-state index contributed by atoms with van der Waals surface area (Å²) in [4.78, 5) is 14.4. The van der Waals surface area contributed by atoms with Gasteiger partial charge in [-0.15, -0.1) is 0 Å². The van der Waals surface area contributed by atoms with Crippen LogP contribution in [0.5, 0.6) is 0 Å². The van der Waals surface area contributed by atoms with E-state index in [1.807, 2.05) is 0 Å². The fourth-order valence-corrected chi connectivity index (χ4v) is 2.97. The Labute approximate surface area is 115 Å². The van der Waals surface area contributed by atoms with Crippen molar-refractivity contribution in [3.8, 4) is 0 Å². The quantitative estimate of drug-likeness (QED) is 0.748. The van der Waals surface area contributed by atoms with Gasteiger partial charge in [0, 0.05) is 32.1 Å². The zero-order valence-corrected chi connectivity index (χ0v) is 11.8. The summed E-state index contributed by atoms with van der Waals surface area (Å²) in [6.45, 7) is 6.07. The SMILES string of the molecule is NCC1CCC(C(=O)NCCN2CCOCC2)CC1. The van der Waals surface area contributed by atoms with Gasteiger partial charge in [0.05, 0.1) is 13.2 Å². The molecule has 0 aromatic rings. The molecule has 0 aromatic carbocycles. The number of nitrogens with two attached hydrogens (primary N) is 1. The molecule has 1 aliphatic heterocycles. The van der Waals surface area contributed by atoms with Gasteiger partial charge in [-0.25, -0.2) is 0 Å². The summed E-state index contributed by atoms with van der Waals surface area (Å²) in [5, 5.41) is 3.08. The average Bonchev–Trinajstić information content (AvgIpc) is 2.48. The van der Waals surface area contributed by atoms with Crippen LogP contribution in [0.1, 0.15) is 25.7 Å². The molecule has 0 aromatic heterocycles. The van der Waals surface area contributed by atoms with E-state index in [4.69, 9.17) is 10.5 Å². The minimum atomic E-state index is 0.215. The Bertz CT molecular complexity index is 272. The van der Waals surface area contributed by atoms with Crippen LogP contribution in [0.15, 0.2) is 0 Å². The monoisotopic (exact) mass is 269 g/mol. The Morgan fingerprint density at radius 2 is 1.89 bits per heavy atom. The molecule has 1 heterocycles. The normalized spacial score (nSPS) is 29.1. The van der Waals surface area contributed by atoms with Crippen molar-refractivity contribution in [3.05, 3.63) is 0 Å². The Hall–Kier alpha value is -0.650. The second kappa shape index (κ2) is 7.82. The standard InChI is InChI=1S/C14H27N3O2/c15-11-12-1-3-13(4-2-12)14(18)16-5-6-17-7-9-19-10-8-17/h12-13H,1-11,15H2,(H,16,18). The van der Waals surface area contributed by atoms with Gasteiger partial charge in [0.2, 0.25) is 5.91 Å². The van der Waals surface area contributed by atoms with E-state index >= 15 is 0 Å². The summed E-state index contributed by atoms with van der Waals surface area (Å²) in [5.41, 5.74) is 5.67. The lowest BCUT2D eigenvalue weighted by atomic mass is 9.81. The van der Waals surface area contributed by atoms with Crippen LogP contribution in [-0.4, -0.2) is 56.7 Å². The van der Waals surface area contributed by atoms with Crippen molar-refractivity contribution in [1.82, 2.24) is 10.2 Å². The highest BCUT2D eigenvalue weighted by Gasteiger charge is 2.25. The minimum absolute atomic E-state index is 0.215. The molecule has 0 bridgehead atoms. The van der Waals surface area contributed by atoms with Crippen LogP contribution in [0, 0.1) is 11.8 Å². The topological polar surface area (TPSA) is 67.6 Å². The molecule has 0 atom stereocenters. The first kappa shape index (κ1) is 14.8. The van der Waals surface area contributed by atoms with E-state index in [0.717, 1.165) is 71.6 Å². The summed E-state index contributed by atoms with van der Waals surface area (Å²) < 4.78 is 5.30. The zero-order chi connectivity index (χ0) is 13.5. The number of ether oxygens (including phenoxy) is 1. The predicted molar refractivity (Wildman–Crippen MR) is 74.8 cm³/mol. The van der Waals surface area contributed by atoms with Gasteiger partial charge in [-0.2, -0.15) is 0 Å². The predicted octanol–water partition coefficient (Wildman–Crippen LogP) is 0.200. The van der Waals surface area contributed by atoms with Crippen LogP contribution in [0.4, 0.5) is 0 Å². The summed E-state index contributed by atoms with van der Waals surface area (Å²) in [7, 11) is 0. The maximum absolute atomic E-state index is 12.0. The highest BCUT2D eigenvalue weighted by molar-refractivity contribution is 5.78. The first-order valence-electron chi connectivity index (χ1n) is 7.57. The lowest BCUT2D eigenvalue weighted by Crippen LogP contribution is -2.42. The number of rotatable bonds is 5. The molecule has 1 saturated heterocycles. The highest BCUT2D eigenvalue weighted by Crippen LogP contribution is 2.27. The van der Waals surface area contributed by atoms with Crippen molar-refractivity contribution in [1.29, 1.82) is 0 Å². The van der Waals surface area contributed by atoms with Gasteiger partial charge in [-0.05, 0) is 38.1 Å². The molecule has 1 saturated carbocycles. The molecule has 110 valence electrons. The third-order valence-electron chi connectivity index (χ3n) is 4.38. The van der Waals surface area contributed by atoms with E-state index in [1.165, 1.54) is 0 Å². The van der Waals surface area contributed by atoms with E-state index in [1.54, 1.807) is 0 Å². The molecular formula is C14H27N3O2. The van der Waals surface area contributed by atoms with Crippen LogP contribution in [0.25, 0.3) is 0 Å². The highest BCUT2D eigenvalue weighted by atomic mass is 16.5. The van der Waals surface area contributed by atoms with Crippen LogP contribution in [-0.2, 0) is 9.53 Å². The summed E-state index contributed by atoms with van der Waals surface area (Å²) in [5.74, 6) is 1.09. The molecular weight excluding hydrogens is 242 g/mol. The van der Waals surface area contributed by atoms with Gasteiger partial charge in [-0.1, -0.05) is 0 Å². The van der Waals surface area contributed by atoms with E-state index < -0.39 is 0 Å². The van der Waals surface area contributed by atoms with Gasteiger partial charge in [0.1, 0.15) is 0 Å². The number of nitrogens with one attached hydrogen (secondary N) is 1. The average molecular weight is 269 g/mol. The minimum Gasteiger partial charge on any atom is -0.379 e. The van der Waals surface area contributed by atoms with Crippen LogP contribution in [0.2, 0.25) is 0 Å². The Kier molecular flexibility index (Phi) is 6.07. The third-order valence-corrected chi connectivity index (χ3v) is 4.38. The molecule has 1 aliphatic carbocycles. The number of hydrogen-bond acceptors (Lipinski definition) is 4. The van der Waals surface area contributed by atoms with E-state index in [0.29, 0.717) is 5.92 Å². The molecule has 1 amide bonds. The van der Waals surface area contributed by atoms with Gasteiger partial charge in [0.15, 0.2) is 0 Å². The van der Waals surface area contributed by atoms with Crippen LogP contribution >= 0.6 is 0 Å². The third kappa shape index (κ3) is 4.75. The van der Waals surface area contributed by atoms with Gasteiger partial charge in [0.25, 0.3) is 0 Å². The molecule has 0 spiro atoms. The van der Waals surface area contributed by atoms with Crippen molar-refractivity contribution in [2.75, 3.05) is 45.9 Å². The molecule has 2 rings (SSSR count). The van der Waals surface area contributed by atoms with Crippen molar-refractivity contribution in [3.63, 3.8) is 0 Å². The number of carbonyl (C=O) groups is 1. The summed E-state index contributed by atoms with van der Waals surface area (Å²) >= 11 is 0. The van der Waals surface area contributed by atoms with Gasteiger partial charge < -0.3 is 15.8 Å². The Morgan fingerprint density at radius 3 is 2.53 bits per heavy atom. The molecule has 5 nitrogen and oxygen atoms in total. The number of morpholine rings is 1. The fraction of sp³-hybridized carbons (Fsp3) is 0.929. The second-order valence-electron chi connectivity index (χ2n) is 5.70. The molecule has 19 heavy (non-hydrogen) atoms. The largest absolute Gasteiger partial charge is 0.379 e. The lowest BCUT2D eigenvalue weighted by molar-refractivity contribution is -0.126. The van der Waals surface area contributed by atoms with Gasteiger partial charge in [-0.3, -0.25) is 9.69 Å². The molecule has 0 unspecified atom stereocenters. The van der Waals surface area contributed by atoms with Crippen molar-refractivity contribution in [2.45, 2.75) is 25.7 Å². The number of amides is 1. The number of hydrogen-bond donors (Lipinski definition) is 2. The maximum atomic E-state index is 12.0. The maximum Gasteiger partial charge on any atom is 0.223 e. The first-order chi connectivity index (χ1) is 9.29. The first-order valence-corrected chi connectivity index (χ1v) is 7.57. The smallest absolute Gasteiger partial charge is 0.223 e. The zero-order valence-electron chi connectivity index (χ0n) is 11.8. The van der Waals surface area contributed by atoms with Gasteiger partial charge >= 0.3 is 0 Å². The van der Waals surface area contributed by atoms with E-state index in [2.05, 4.69) is 10.2 Å². The second-order valence-corrected chi connectivity index (χ2v) is 5.70. The molecule has 0 radical (unpaired) electrons. The Morgan fingerprint density at radius 1 is 1.21 bits per heavy atom. The van der Waals surface area contributed by atoms with Crippen LogP contribution < -0.4 is 11.1 Å². The van der Waals surface area contributed by atoms with Crippen molar-refractivity contribution in [2.24, 2.45) is 17.6 Å². The van der Waals surface area contributed by atoms with Crippen molar-refractivity contribution < 1.29 is 9.53 Å². The Balaban J connectivity index is 1.59. The molecule has 2 aliphatic rings. The molecule has 3 N–H and O–H groups in total. The molecule has 5 heteroatoms. The summed E-state index contributed by atoms with van der Waals surface area (Å²) in [6, 6.07) is 0. The lowest BCUT2D eigenvalue weighted by Gasteiger charge is -2.28. The molecule has 2 fully saturated rings. The van der Waals surface area contributed by atoms with Crippen molar-refractivity contribution >= 4 is 5.91 Å². The summed E-state index contributed by atoms with van der Waals surface area (Å²) in [6.07, 6.45) is 4.23. The van der Waals surface area contributed by atoms with E-state index in [-0.39, 0.29) is 11.8 Å².